The molecule has 0 bridgehead atoms. The molecule has 1 N–H and O–H groups in total. The van der Waals surface area contributed by atoms with Gasteiger partial charge in [-0.3, -0.25) is 18.7 Å². The van der Waals surface area contributed by atoms with E-state index in [4.69, 9.17) is 0 Å². The Kier molecular flexibility index (Phi) is 5.28. The van der Waals surface area contributed by atoms with Crippen molar-refractivity contribution in [2.45, 2.75) is 20.0 Å². The molecule has 4 aromatic rings. The number of hydrogen-bond donors (Lipinski definition) is 1. The Labute approximate surface area is 175 Å². The van der Waals surface area contributed by atoms with Crippen LogP contribution in [0.25, 0.3) is 22.4 Å². The lowest BCUT2D eigenvalue weighted by molar-refractivity contribution is -0.121. The van der Waals surface area contributed by atoms with Crippen LogP contribution in [-0.4, -0.2) is 25.0 Å². The van der Waals surface area contributed by atoms with Gasteiger partial charge in [0.15, 0.2) is 11.5 Å². The van der Waals surface area contributed by atoms with Crippen LogP contribution in [0, 0.1) is 6.92 Å². The molecule has 0 aliphatic carbocycles. The predicted octanol–water partition coefficient (Wildman–Crippen LogP) is 1.84. The van der Waals surface area contributed by atoms with Gasteiger partial charge in [0, 0.05) is 23.7 Å². The Hall–Kier alpha value is -3.59. The van der Waals surface area contributed by atoms with E-state index in [0.29, 0.717) is 12.4 Å². The topological polar surface area (TPSA) is 98.9 Å². The van der Waals surface area contributed by atoms with E-state index in [9.17, 15) is 14.4 Å². The molecule has 30 heavy (non-hydrogen) atoms. The van der Waals surface area contributed by atoms with E-state index in [1.54, 1.807) is 0 Å². The lowest BCUT2D eigenvalue weighted by Gasteiger charge is -2.11. The average molecular weight is 421 g/mol. The van der Waals surface area contributed by atoms with Gasteiger partial charge in [0.05, 0.1) is 6.54 Å². The molecule has 0 fully saturated rings. The molecule has 0 aliphatic rings. The van der Waals surface area contributed by atoms with Crippen LogP contribution in [0.1, 0.15) is 10.4 Å². The number of benzene rings is 1. The maximum absolute atomic E-state index is 12.9. The first kappa shape index (κ1) is 19.7. The number of aromatic nitrogens is 4. The summed E-state index contributed by atoms with van der Waals surface area (Å²) >= 11 is 1.52. The van der Waals surface area contributed by atoms with Crippen LogP contribution in [0.2, 0.25) is 0 Å². The molecule has 9 heteroatoms. The van der Waals surface area contributed by atoms with Crippen molar-refractivity contribution in [1.29, 1.82) is 0 Å². The number of carbonyl (C=O) groups excluding carboxylic acids is 1. The molecular weight excluding hydrogens is 402 g/mol. The highest BCUT2D eigenvalue weighted by Crippen LogP contribution is 2.17. The number of thiophene rings is 1. The normalized spacial score (nSPS) is 11.0. The average Bonchev–Trinajstić information content (AvgIpc) is 3.27. The third kappa shape index (κ3) is 3.79. The second kappa shape index (κ2) is 8.03. The van der Waals surface area contributed by atoms with Gasteiger partial charge < -0.3 is 5.32 Å². The summed E-state index contributed by atoms with van der Waals surface area (Å²) in [5.74, 6) is 0.00230. The van der Waals surface area contributed by atoms with Gasteiger partial charge >= 0.3 is 5.69 Å². The number of fused-ring (bicyclic) bond motifs is 1. The second-order valence-electron chi connectivity index (χ2n) is 6.89. The van der Waals surface area contributed by atoms with Crippen LogP contribution >= 0.6 is 11.3 Å². The molecule has 0 spiro atoms. The SMILES string of the molecule is Cc1ccc(-c2ncc3c(=O)n(CC(=O)NCc4cccs4)c(=O)n(C)c3n2)cc1. The minimum Gasteiger partial charge on any atom is -0.350 e. The zero-order valence-electron chi connectivity index (χ0n) is 16.5. The Bertz CT molecular complexity index is 1340. The molecular formula is C21H19N5O3S. The molecule has 0 saturated carbocycles. The molecule has 1 amide bonds. The van der Waals surface area contributed by atoms with Crippen molar-refractivity contribution in [2.24, 2.45) is 7.05 Å². The second-order valence-corrected chi connectivity index (χ2v) is 7.92. The Balaban J connectivity index is 1.67. The first-order chi connectivity index (χ1) is 14.4. The van der Waals surface area contributed by atoms with E-state index in [2.05, 4.69) is 15.3 Å². The lowest BCUT2D eigenvalue weighted by atomic mass is 10.1. The molecule has 0 atom stereocenters. The molecule has 3 aromatic heterocycles. The molecule has 0 unspecified atom stereocenters. The van der Waals surface area contributed by atoms with Crippen molar-refractivity contribution in [3.63, 3.8) is 0 Å². The van der Waals surface area contributed by atoms with E-state index in [1.165, 1.54) is 29.1 Å². The summed E-state index contributed by atoms with van der Waals surface area (Å²) in [5, 5.41) is 4.82. The van der Waals surface area contributed by atoms with Crippen LogP contribution in [0.3, 0.4) is 0 Å². The summed E-state index contributed by atoms with van der Waals surface area (Å²) in [5.41, 5.74) is 0.923. The van der Waals surface area contributed by atoms with E-state index < -0.39 is 17.2 Å². The highest BCUT2D eigenvalue weighted by atomic mass is 32.1. The minimum atomic E-state index is -0.604. The van der Waals surface area contributed by atoms with Crippen molar-refractivity contribution in [2.75, 3.05) is 0 Å². The zero-order chi connectivity index (χ0) is 21.3. The molecule has 0 aliphatic heterocycles. The highest BCUT2D eigenvalue weighted by Gasteiger charge is 2.16. The van der Waals surface area contributed by atoms with Crippen molar-refractivity contribution in [1.82, 2.24) is 24.4 Å². The number of amides is 1. The number of rotatable bonds is 5. The van der Waals surface area contributed by atoms with Crippen LogP contribution in [-0.2, 0) is 24.9 Å². The van der Waals surface area contributed by atoms with Gasteiger partial charge in [0.2, 0.25) is 5.91 Å². The third-order valence-electron chi connectivity index (χ3n) is 4.73. The summed E-state index contributed by atoms with van der Waals surface area (Å²) in [6.07, 6.45) is 1.40. The lowest BCUT2D eigenvalue weighted by Crippen LogP contribution is -2.43. The van der Waals surface area contributed by atoms with Gasteiger partial charge in [-0.2, -0.15) is 0 Å². The third-order valence-corrected chi connectivity index (χ3v) is 5.61. The minimum absolute atomic E-state index is 0.180. The monoisotopic (exact) mass is 421 g/mol. The maximum Gasteiger partial charge on any atom is 0.332 e. The Morgan fingerprint density at radius 2 is 1.93 bits per heavy atom. The quantitative estimate of drug-likeness (QED) is 0.530. The summed E-state index contributed by atoms with van der Waals surface area (Å²) in [7, 11) is 1.52. The smallest absolute Gasteiger partial charge is 0.332 e. The van der Waals surface area contributed by atoms with Gasteiger partial charge in [-0.05, 0) is 18.4 Å². The van der Waals surface area contributed by atoms with Gasteiger partial charge in [-0.25, -0.2) is 14.8 Å². The Morgan fingerprint density at radius 3 is 2.63 bits per heavy atom. The fraction of sp³-hybridized carbons (Fsp3) is 0.190. The number of aryl methyl sites for hydroxylation is 2. The summed E-state index contributed by atoms with van der Waals surface area (Å²) in [4.78, 5) is 47.6. The summed E-state index contributed by atoms with van der Waals surface area (Å²) < 4.78 is 2.17. The largest absolute Gasteiger partial charge is 0.350 e. The van der Waals surface area contributed by atoms with Crippen LogP contribution in [0.4, 0.5) is 0 Å². The molecule has 0 saturated heterocycles. The first-order valence-corrected chi connectivity index (χ1v) is 10.1. The summed E-state index contributed by atoms with van der Waals surface area (Å²) in [6, 6.07) is 11.4. The van der Waals surface area contributed by atoms with Gasteiger partial charge in [-0.15, -0.1) is 11.3 Å². The molecule has 1 aromatic carbocycles. The molecule has 152 valence electrons. The van der Waals surface area contributed by atoms with E-state index >= 15 is 0 Å². The number of hydrogen-bond acceptors (Lipinski definition) is 6. The van der Waals surface area contributed by atoms with Crippen LogP contribution < -0.4 is 16.6 Å². The number of nitrogens with zero attached hydrogens (tertiary/aromatic N) is 4. The predicted molar refractivity (Wildman–Crippen MR) is 115 cm³/mol. The maximum atomic E-state index is 12.9. The van der Waals surface area contributed by atoms with E-state index in [0.717, 1.165) is 20.6 Å². The van der Waals surface area contributed by atoms with Crippen molar-refractivity contribution >= 4 is 28.3 Å². The van der Waals surface area contributed by atoms with Crippen LogP contribution in [0.15, 0.2) is 57.6 Å². The number of nitrogens with one attached hydrogen (secondary N) is 1. The van der Waals surface area contributed by atoms with Crippen molar-refractivity contribution < 1.29 is 4.79 Å². The van der Waals surface area contributed by atoms with Gasteiger partial charge in [0.25, 0.3) is 5.56 Å². The molecule has 8 nitrogen and oxygen atoms in total. The Morgan fingerprint density at radius 1 is 1.17 bits per heavy atom. The first-order valence-electron chi connectivity index (χ1n) is 9.27. The standard InChI is InChI=1S/C21H19N5O3S/c1-13-5-7-14(8-6-13)18-23-11-16-19(24-18)25(2)21(29)26(20(16)28)12-17(27)22-10-15-4-3-9-30-15/h3-9,11H,10,12H2,1-2H3,(H,22,27). The zero-order valence-corrected chi connectivity index (χ0v) is 17.3. The molecule has 3 heterocycles. The highest BCUT2D eigenvalue weighted by molar-refractivity contribution is 7.09. The fourth-order valence-corrected chi connectivity index (χ4v) is 3.71. The molecule has 4 rings (SSSR count). The van der Waals surface area contributed by atoms with Crippen LogP contribution in [0.5, 0.6) is 0 Å². The number of carbonyl (C=O) groups is 1. The van der Waals surface area contributed by atoms with Crippen molar-refractivity contribution in [3.8, 4) is 11.4 Å². The van der Waals surface area contributed by atoms with Crippen molar-refractivity contribution in [3.05, 3.63) is 79.3 Å². The van der Waals surface area contributed by atoms with E-state index in [1.807, 2.05) is 48.7 Å². The van der Waals surface area contributed by atoms with Gasteiger partial charge in [0.1, 0.15) is 11.9 Å². The van der Waals surface area contributed by atoms with Gasteiger partial charge in [-0.1, -0.05) is 35.9 Å². The summed E-state index contributed by atoms with van der Waals surface area (Å²) in [6.45, 7) is 1.96. The fourth-order valence-electron chi connectivity index (χ4n) is 3.06. The molecule has 0 radical (unpaired) electrons. The van der Waals surface area contributed by atoms with E-state index in [-0.39, 0.29) is 17.6 Å².